The molecule has 0 aliphatic carbocycles. The van der Waals surface area contributed by atoms with E-state index in [1.165, 1.54) is 5.56 Å². The van der Waals surface area contributed by atoms with Crippen LogP contribution in [-0.4, -0.2) is 41.7 Å². The summed E-state index contributed by atoms with van der Waals surface area (Å²) in [6, 6.07) is 12.2. The van der Waals surface area contributed by atoms with Gasteiger partial charge in [-0.25, -0.2) is 0 Å². The van der Waals surface area contributed by atoms with E-state index >= 15 is 0 Å². The zero-order valence-electron chi connectivity index (χ0n) is 13.9. The van der Waals surface area contributed by atoms with Gasteiger partial charge in [-0.05, 0) is 43.3 Å². The van der Waals surface area contributed by atoms with Crippen LogP contribution in [0.2, 0.25) is 0 Å². The lowest BCUT2D eigenvalue weighted by molar-refractivity contribution is -0.123. The topological polar surface area (TPSA) is 52.6 Å². The number of amides is 1. The zero-order chi connectivity index (χ0) is 16.9. The maximum Gasteiger partial charge on any atom is 0.234 e. The molecule has 2 aromatic rings. The van der Waals surface area contributed by atoms with Crippen molar-refractivity contribution in [1.29, 1.82) is 0 Å². The van der Waals surface area contributed by atoms with E-state index in [0.717, 1.165) is 29.8 Å². The third kappa shape index (κ3) is 4.44. The van der Waals surface area contributed by atoms with Crippen LogP contribution in [0.3, 0.4) is 0 Å². The largest absolute Gasteiger partial charge is 0.392 e. The lowest BCUT2D eigenvalue weighted by atomic mass is 10.0. The van der Waals surface area contributed by atoms with Crippen LogP contribution in [0.25, 0.3) is 0 Å². The fraction of sp³-hybridized carbons (Fsp3) is 0.421. The summed E-state index contributed by atoms with van der Waals surface area (Å²) in [5.41, 5.74) is 2.30. The molecule has 1 aliphatic heterocycles. The van der Waals surface area contributed by atoms with Crippen molar-refractivity contribution < 1.29 is 9.90 Å². The number of carbonyl (C=O) groups excluding carboxylic acids is 1. The molecule has 2 heterocycles. The molecule has 1 fully saturated rings. The number of nitrogens with zero attached hydrogens (tertiary/aromatic N) is 1. The van der Waals surface area contributed by atoms with Crippen molar-refractivity contribution in [3.63, 3.8) is 0 Å². The van der Waals surface area contributed by atoms with Gasteiger partial charge in [0.2, 0.25) is 5.91 Å². The lowest BCUT2D eigenvalue weighted by Crippen LogP contribution is -2.44. The summed E-state index contributed by atoms with van der Waals surface area (Å²) in [4.78, 5) is 15.7. The standard InChI is InChI=1S/C19H24N2O2S/c1-14-6-8-15(9-7-14)19(17-5-3-11-24-17)20-18(23)13-21-10-2-4-16(22)12-21/h3,5-9,11,16,19,22H,2,4,10,12-13H2,1H3,(H,20,23). The number of aliphatic hydroxyl groups excluding tert-OH is 1. The minimum Gasteiger partial charge on any atom is -0.392 e. The molecule has 2 unspecified atom stereocenters. The molecule has 1 saturated heterocycles. The van der Waals surface area contributed by atoms with Gasteiger partial charge < -0.3 is 10.4 Å². The molecule has 1 aromatic heterocycles. The Morgan fingerprint density at radius 1 is 1.38 bits per heavy atom. The van der Waals surface area contributed by atoms with Gasteiger partial charge in [0, 0.05) is 11.4 Å². The SMILES string of the molecule is Cc1ccc(C(NC(=O)CN2CCCC(O)C2)c2cccs2)cc1. The van der Waals surface area contributed by atoms with E-state index in [1.807, 2.05) is 16.3 Å². The maximum absolute atomic E-state index is 12.5. The summed E-state index contributed by atoms with van der Waals surface area (Å²) in [6.45, 7) is 3.86. The second-order valence-electron chi connectivity index (χ2n) is 6.46. The third-order valence-corrected chi connectivity index (χ3v) is 5.33. The minimum absolute atomic E-state index is 0.00285. The van der Waals surface area contributed by atoms with Crippen molar-refractivity contribution in [3.8, 4) is 0 Å². The number of hydrogen-bond acceptors (Lipinski definition) is 4. The van der Waals surface area contributed by atoms with Crippen LogP contribution in [0.4, 0.5) is 0 Å². The first-order chi connectivity index (χ1) is 11.6. The number of carbonyl (C=O) groups is 1. The fourth-order valence-electron chi connectivity index (χ4n) is 3.12. The van der Waals surface area contributed by atoms with Crippen molar-refractivity contribution in [1.82, 2.24) is 10.2 Å². The van der Waals surface area contributed by atoms with Gasteiger partial charge in [-0.15, -0.1) is 11.3 Å². The van der Waals surface area contributed by atoms with Crippen molar-refractivity contribution >= 4 is 17.2 Å². The molecule has 1 aromatic carbocycles. The van der Waals surface area contributed by atoms with Crippen LogP contribution in [0.15, 0.2) is 41.8 Å². The molecule has 4 nitrogen and oxygen atoms in total. The quantitative estimate of drug-likeness (QED) is 0.877. The van der Waals surface area contributed by atoms with E-state index < -0.39 is 0 Å². The van der Waals surface area contributed by atoms with Crippen LogP contribution in [0, 0.1) is 6.92 Å². The van der Waals surface area contributed by atoms with E-state index in [2.05, 4.69) is 42.6 Å². The highest BCUT2D eigenvalue weighted by Gasteiger charge is 2.22. The Kier molecular flexibility index (Phi) is 5.66. The van der Waals surface area contributed by atoms with Crippen LogP contribution < -0.4 is 5.32 Å². The molecule has 0 bridgehead atoms. The maximum atomic E-state index is 12.5. The molecule has 0 saturated carbocycles. The van der Waals surface area contributed by atoms with Crippen LogP contribution in [0.1, 0.15) is 34.9 Å². The van der Waals surface area contributed by atoms with Gasteiger partial charge in [-0.2, -0.15) is 0 Å². The summed E-state index contributed by atoms with van der Waals surface area (Å²) in [5, 5.41) is 15.0. The summed E-state index contributed by atoms with van der Waals surface area (Å²) in [7, 11) is 0. The van der Waals surface area contributed by atoms with Gasteiger partial charge in [-0.3, -0.25) is 9.69 Å². The van der Waals surface area contributed by atoms with Crippen LogP contribution >= 0.6 is 11.3 Å². The lowest BCUT2D eigenvalue weighted by Gasteiger charge is -2.30. The van der Waals surface area contributed by atoms with Gasteiger partial charge in [0.1, 0.15) is 0 Å². The first-order valence-corrected chi connectivity index (χ1v) is 9.29. The van der Waals surface area contributed by atoms with Gasteiger partial charge in [0.05, 0.1) is 18.7 Å². The zero-order valence-corrected chi connectivity index (χ0v) is 14.8. The number of aryl methyl sites for hydroxylation is 1. The molecule has 1 aliphatic rings. The minimum atomic E-state index is -0.309. The second kappa shape index (κ2) is 7.92. The predicted molar refractivity (Wildman–Crippen MR) is 97.2 cm³/mol. The van der Waals surface area contributed by atoms with Crippen molar-refractivity contribution in [2.24, 2.45) is 0 Å². The number of likely N-dealkylation sites (tertiary alicyclic amines) is 1. The van der Waals surface area contributed by atoms with Crippen molar-refractivity contribution in [2.45, 2.75) is 31.9 Å². The number of aliphatic hydroxyl groups is 1. The van der Waals surface area contributed by atoms with Crippen LogP contribution in [0.5, 0.6) is 0 Å². The Bertz CT molecular complexity index is 655. The molecule has 1 amide bonds. The Labute approximate surface area is 147 Å². The first kappa shape index (κ1) is 17.1. The highest BCUT2D eigenvalue weighted by molar-refractivity contribution is 7.10. The first-order valence-electron chi connectivity index (χ1n) is 8.41. The molecular weight excluding hydrogens is 320 g/mol. The predicted octanol–water partition coefficient (Wildman–Crippen LogP) is 2.72. The number of hydrogen-bond donors (Lipinski definition) is 2. The Morgan fingerprint density at radius 3 is 2.83 bits per heavy atom. The van der Waals surface area contributed by atoms with Gasteiger partial charge in [-0.1, -0.05) is 35.9 Å². The number of piperidine rings is 1. The highest BCUT2D eigenvalue weighted by Crippen LogP contribution is 2.26. The van der Waals surface area contributed by atoms with E-state index in [0.29, 0.717) is 13.1 Å². The number of β-amino-alcohol motifs (C(OH)–C–C–N with tert-alkyl or cyclic N) is 1. The third-order valence-electron chi connectivity index (χ3n) is 4.39. The molecule has 0 spiro atoms. The number of rotatable bonds is 5. The highest BCUT2D eigenvalue weighted by atomic mass is 32.1. The average Bonchev–Trinajstić information content (AvgIpc) is 3.08. The normalized spacial score (nSPS) is 19.8. The fourth-order valence-corrected chi connectivity index (χ4v) is 3.92. The van der Waals surface area contributed by atoms with Gasteiger partial charge in [0.25, 0.3) is 0 Å². The molecule has 2 atom stereocenters. The molecule has 24 heavy (non-hydrogen) atoms. The van der Waals surface area contributed by atoms with Gasteiger partial charge >= 0.3 is 0 Å². The van der Waals surface area contributed by atoms with E-state index in [9.17, 15) is 9.90 Å². The molecule has 128 valence electrons. The molecule has 2 N–H and O–H groups in total. The molecule has 3 rings (SSSR count). The van der Waals surface area contributed by atoms with Crippen LogP contribution in [-0.2, 0) is 4.79 Å². The molecule has 5 heteroatoms. The Balaban J connectivity index is 1.70. The summed E-state index contributed by atoms with van der Waals surface area (Å²) >= 11 is 1.65. The smallest absolute Gasteiger partial charge is 0.234 e. The average molecular weight is 344 g/mol. The number of benzene rings is 1. The summed E-state index contributed by atoms with van der Waals surface area (Å²) < 4.78 is 0. The molecular formula is C19H24N2O2S. The van der Waals surface area contributed by atoms with E-state index in [1.54, 1.807) is 11.3 Å². The van der Waals surface area contributed by atoms with Crippen molar-refractivity contribution in [3.05, 3.63) is 57.8 Å². The second-order valence-corrected chi connectivity index (χ2v) is 7.44. The van der Waals surface area contributed by atoms with Gasteiger partial charge in [0.15, 0.2) is 0 Å². The summed E-state index contributed by atoms with van der Waals surface area (Å²) in [5.74, 6) is 0.00285. The Hall–Kier alpha value is -1.69. The number of nitrogens with one attached hydrogen (secondary N) is 1. The monoisotopic (exact) mass is 344 g/mol. The summed E-state index contributed by atoms with van der Waals surface area (Å²) in [6.07, 6.45) is 1.47. The number of thiophene rings is 1. The van der Waals surface area contributed by atoms with Crippen molar-refractivity contribution in [2.75, 3.05) is 19.6 Å². The Morgan fingerprint density at radius 2 is 2.17 bits per heavy atom. The molecule has 0 radical (unpaired) electrons. The van der Waals surface area contributed by atoms with E-state index in [-0.39, 0.29) is 18.1 Å². The van der Waals surface area contributed by atoms with E-state index in [4.69, 9.17) is 0 Å².